The molecule has 8 heteroatoms. The number of aromatic hydroxyl groups is 1. The van der Waals surface area contributed by atoms with Crippen molar-refractivity contribution in [2.75, 3.05) is 38.1 Å². The van der Waals surface area contributed by atoms with Gasteiger partial charge in [-0.1, -0.05) is 60.7 Å². The van der Waals surface area contributed by atoms with Crippen LogP contribution in [0.2, 0.25) is 0 Å². The minimum absolute atomic E-state index is 0.0863. The van der Waals surface area contributed by atoms with Crippen molar-refractivity contribution in [1.29, 1.82) is 0 Å². The quantitative estimate of drug-likeness (QED) is 0.231. The van der Waals surface area contributed by atoms with Crippen LogP contribution < -0.4 is 10.1 Å². The second-order valence-electron chi connectivity index (χ2n) is 10.9. The zero-order chi connectivity index (χ0) is 29.8. The molecule has 2 aliphatic rings. The minimum Gasteiger partial charge on any atom is -0.507 e. The molecule has 0 radical (unpaired) electrons. The molecule has 1 saturated heterocycles. The van der Waals surface area contributed by atoms with Crippen LogP contribution in [0.3, 0.4) is 0 Å². The first-order valence-electron chi connectivity index (χ1n) is 14.5. The molecule has 0 spiro atoms. The van der Waals surface area contributed by atoms with Crippen molar-refractivity contribution in [2.45, 2.75) is 18.9 Å². The summed E-state index contributed by atoms with van der Waals surface area (Å²) >= 11 is 0. The van der Waals surface area contributed by atoms with Crippen molar-refractivity contribution in [3.8, 4) is 11.5 Å². The monoisotopic (exact) mass is 575 g/mol. The van der Waals surface area contributed by atoms with Gasteiger partial charge in [0.2, 0.25) is 5.91 Å². The number of fused-ring (bicyclic) bond motifs is 1. The number of hydrogen-bond donors (Lipinski definition) is 2. The Morgan fingerprint density at radius 2 is 1.44 bits per heavy atom. The van der Waals surface area contributed by atoms with Crippen molar-refractivity contribution in [2.24, 2.45) is 0 Å². The molecule has 0 aliphatic carbocycles. The Morgan fingerprint density at radius 1 is 0.814 bits per heavy atom. The van der Waals surface area contributed by atoms with Crippen molar-refractivity contribution in [1.82, 2.24) is 9.80 Å². The lowest BCUT2D eigenvalue weighted by Crippen LogP contribution is -2.51. The van der Waals surface area contributed by atoms with Gasteiger partial charge in [0.25, 0.3) is 5.91 Å². The van der Waals surface area contributed by atoms with E-state index in [2.05, 4.69) is 58.7 Å². The average Bonchev–Trinajstić information content (AvgIpc) is 3.05. The number of phenols is 1. The second kappa shape index (κ2) is 12.5. The number of benzene rings is 4. The van der Waals surface area contributed by atoms with Gasteiger partial charge in [-0.3, -0.25) is 19.3 Å². The van der Waals surface area contributed by atoms with Gasteiger partial charge >= 0.3 is 0 Å². The van der Waals surface area contributed by atoms with Crippen LogP contribution in [0.4, 0.5) is 5.69 Å². The highest BCUT2D eigenvalue weighted by Crippen LogP contribution is 2.32. The number of carbonyl (C=O) groups excluding carboxylic acids is 3. The van der Waals surface area contributed by atoms with Gasteiger partial charge in [0.15, 0.2) is 12.4 Å². The molecule has 2 amide bonds. The van der Waals surface area contributed by atoms with E-state index in [1.54, 1.807) is 24.3 Å². The lowest BCUT2D eigenvalue weighted by molar-refractivity contribution is -0.135. The maximum atomic E-state index is 13.1. The molecule has 8 nitrogen and oxygen atoms in total. The number of phenolic OH excluding ortho intramolecular Hbond substituents is 1. The summed E-state index contributed by atoms with van der Waals surface area (Å²) in [5.41, 5.74) is 4.28. The average molecular weight is 576 g/mol. The molecular weight excluding hydrogens is 542 g/mol. The summed E-state index contributed by atoms with van der Waals surface area (Å²) < 4.78 is 5.77. The number of anilines is 1. The number of ether oxygens (including phenoxy) is 1. The van der Waals surface area contributed by atoms with E-state index in [0.717, 1.165) is 18.7 Å². The van der Waals surface area contributed by atoms with Crippen molar-refractivity contribution in [3.63, 3.8) is 0 Å². The maximum Gasteiger partial charge on any atom is 0.260 e. The summed E-state index contributed by atoms with van der Waals surface area (Å²) in [5, 5.41) is 13.2. The Balaban J connectivity index is 1.04. The Hall–Kier alpha value is -4.95. The van der Waals surface area contributed by atoms with Crippen LogP contribution in [-0.4, -0.2) is 65.3 Å². The molecule has 1 fully saturated rings. The largest absolute Gasteiger partial charge is 0.507 e. The number of nitrogens with zero attached hydrogens (tertiary/aromatic N) is 2. The summed E-state index contributed by atoms with van der Waals surface area (Å²) in [6.45, 7) is 2.61. The molecule has 0 unspecified atom stereocenters. The lowest BCUT2D eigenvalue weighted by Gasteiger charge is -2.39. The number of amides is 2. The van der Waals surface area contributed by atoms with E-state index in [9.17, 15) is 19.5 Å². The van der Waals surface area contributed by atoms with E-state index in [4.69, 9.17) is 4.74 Å². The molecule has 2 N–H and O–H groups in total. The van der Waals surface area contributed by atoms with Gasteiger partial charge in [-0.2, -0.15) is 0 Å². The van der Waals surface area contributed by atoms with Crippen LogP contribution in [0.1, 0.15) is 45.1 Å². The van der Waals surface area contributed by atoms with Gasteiger partial charge in [0.1, 0.15) is 11.5 Å². The van der Waals surface area contributed by atoms with E-state index >= 15 is 0 Å². The predicted molar refractivity (Wildman–Crippen MR) is 163 cm³/mol. The first-order chi connectivity index (χ1) is 21.0. The number of aryl methyl sites for hydroxylation is 1. The Morgan fingerprint density at radius 3 is 2.07 bits per heavy atom. The minimum atomic E-state index is -0.370. The van der Waals surface area contributed by atoms with Gasteiger partial charge < -0.3 is 20.1 Å². The number of nitrogens with one attached hydrogen (secondary N) is 1. The summed E-state index contributed by atoms with van der Waals surface area (Å²) in [5.74, 6) is -0.219. The third kappa shape index (κ3) is 6.29. The third-order valence-corrected chi connectivity index (χ3v) is 8.10. The van der Waals surface area contributed by atoms with Crippen LogP contribution in [0.15, 0.2) is 97.1 Å². The van der Waals surface area contributed by atoms with Crippen LogP contribution in [0, 0.1) is 0 Å². The molecule has 2 heterocycles. The maximum absolute atomic E-state index is 13.1. The molecule has 4 aromatic rings. The van der Waals surface area contributed by atoms with Crippen molar-refractivity contribution < 1.29 is 24.2 Å². The van der Waals surface area contributed by atoms with Crippen LogP contribution in [-0.2, 0) is 16.0 Å². The molecule has 0 atom stereocenters. The SMILES string of the molecule is O=C1CCc2cc(O)c(C(=O)c3ccc(OCC(=O)N4CCN(C(c5ccccc5)c5ccccc5)CC4)cc3)cc2N1. The number of rotatable bonds is 8. The van der Waals surface area contributed by atoms with Gasteiger partial charge in [0.05, 0.1) is 11.6 Å². The summed E-state index contributed by atoms with van der Waals surface area (Å²) in [4.78, 5) is 42.1. The second-order valence-corrected chi connectivity index (χ2v) is 10.9. The highest BCUT2D eigenvalue weighted by atomic mass is 16.5. The Kier molecular flexibility index (Phi) is 8.20. The smallest absolute Gasteiger partial charge is 0.260 e. The molecule has 0 saturated carbocycles. The van der Waals surface area contributed by atoms with Crippen LogP contribution in [0.25, 0.3) is 0 Å². The highest BCUT2D eigenvalue weighted by molar-refractivity contribution is 6.12. The summed E-state index contributed by atoms with van der Waals surface area (Å²) in [7, 11) is 0. The molecule has 4 aromatic carbocycles. The van der Waals surface area contributed by atoms with Gasteiger partial charge in [-0.05, 0) is 59.5 Å². The zero-order valence-corrected chi connectivity index (χ0v) is 23.7. The predicted octanol–water partition coefficient (Wildman–Crippen LogP) is 4.82. The van der Waals surface area contributed by atoms with E-state index in [1.807, 2.05) is 17.0 Å². The molecular formula is C35H33N3O5. The van der Waals surface area contributed by atoms with E-state index in [-0.39, 0.29) is 41.6 Å². The normalized spacial score (nSPS) is 15.1. The fourth-order valence-electron chi connectivity index (χ4n) is 5.81. The fourth-order valence-corrected chi connectivity index (χ4v) is 5.81. The standard InChI is InChI=1S/C35H33N3O5/c39-31-21-27-13-16-32(40)36-30(27)22-29(31)35(42)26-11-14-28(15-12-26)43-23-33(41)37-17-19-38(20-18-37)34(24-7-3-1-4-8-24)25-9-5-2-6-10-25/h1-12,14-15,21-22,34,39H,13,16-20,23H2,(H,36,40). The fraction of sp³-hybridized carbons (Fsp3) is 0.229. The van der Waals surface area contributed by atoms with Gasteiger partial charge in [0, 0.05) is 43.9 Å². The topological polar surface area (TPSA) is 99.2 Å². The molecule has 218 valence electrons. The first kappa shape index (κ1) is 28.2. The number of hydrogen-bond acceptors (Lipinski definition) is 6. The molecule has 2 aliphatic heterocycles. The Labute approximate surface area is 250 Å². The van der Waals surface area contributed by atoms with Gasteiger partial charge in [-0.15, -0.1) is 0 Å². The number of piperazine rings is 1. The van der Waals surface area contributed by atoms with Gasteiger partial charge in [-0.25, -0.2) is 0 Å². The number of carbonyl (C=O) groups is 3. The van der Waals surface area contributed by atoms with Crippen molar-refractivity contribution >= 4 is 23.3 Å². The van der Waals surface area contributed by atoms with Crippen LogP contribution >= 0.6 is 0 Å². The molecule has 0 aromatic heterocycles. The molecule has 43 heavy (non-hydrogen) atoms. The van der Waals surface area contributed by atoms with E-state index in [1.165, 1.54) is 23.3 Å². The van der Waals surface area contributed by atoms with E-state index in [0.29, 0.717) is 42.9 Å². The number of ketones is 1. The summed E-state index contributed by atoms with van der Waals surface area (Å²) in [6.07, 6.45) is 0.869. The lowest BCUT2D eigenvalue weighted by atomic mass is 9.96. The van der Waals surface area contributed by atoms with E-state index < -0.39 is 0 Å². The first-order valence-corrected chi connectivity index (χ1v) is 14.5. The Bertz CT molecular complexity index is 1580. The highest BCUT2D eigenvalue weighted by Gasteiger charge is 2.28. The molecule has 0 bridgehead atoms. The third-order valence-electron chi connectivity index (χ3n) is 8.10. The van der Waals surface area contributed by atoms with Crippen molar-refractivity contribution in [3.05, 3.63) is 125 Å². The zero-order valence-electron chi connectivity index (χ0n) is 23.7. The molecule has 6 rings (SSSR count). The van der Waals surface area contributed by atoms with Crippen LogP contribution in [0.5, 0.6) is 11.5 Å². The summed E-state index contributed by atoms with van der Waals surface area (Å²) in [6, 6.07) is 30.5.